The van der Waals surface area contributed by atoms with Crippen LogP contribution in [0.1, 0.15) is 40.5 Å². The van der Waals surface area contributed by atoms with Crippen LogP contribution in [0.3, 0.4) is 0 Å². The first-order valence-corrected chi connectivity index (χ1v) is 6.11. The zero-order chi connectivity index (χ0) is 12.3. The van der Waals surface area contributed by atoms with E-state index in [1.807, 2.05) is 13.8 Å². The highest BCUT2D eigenvalue weighted by molar-refractivity contribution is 5.94. The Labute approximate surface area is 97.4 Å². The summed E-state index contributed by atoms with van der Waals surface area (Å²) in [5, 5.41) is 2.64. The molecule has 4 heteroatoms. The summed E-state index contributed by atoms with van der Waals surface area (Å²) in [7, 11) is 0. The Morgan fingerprint density at radius 2 is 2.00 bits per heavy atom. The Morgan fingerprint density at radius 3 is 2.50 bits per heavy atom. The molecule has 3 atom stereocenters. The highest BCUT2D eigenvalue weighted by Gasteiger charge is 2.37. The maximum Gasteiger partial charge on any atom is 0.243 e. The minimum Gasteiger partial charge on any atom is -0.345 e. The van der Waals surface area contributed by atoms with Crippen molar-refractivity contribution in [3.05, 3.63) is 0 Å². The third-order valence-electron chi connectivity index (χ3n) is 3.63. The van der Waals surface area contributed by atoms with E-state index >= 15 is 0 Å². The summed E-state index contributed by atoms with van der Waals surface area (Å²) in [6.07, 6.45) is 1.70. The molecule has 16 heavy (non-hydrogen) atoms. The predicted molar refractivity (Wildman–Crippen MR) is 62.9 cm³/mol. The first-order valence-electron chi connectivity index (χ1n) is 6.11. The van der Waals surface area contributed by atoms with Crippen LogP contribution in [0.2, 0.25) is 0 Å². The van der Waals surface area contributed by atoms with Gasteiger partial charge in [0, 0.05) is 6.04 Å². The predicted octanol–water partition coefficient (Wildman–Crippen LogP) is 1.16. The van der Waals surface area contributed by atoms with Crippen molar-refractivity contribution in [1.82, 2.24) is 10.2 Å². The molecule has 1 N–H and O–H groups in total. The largest absolute Gasteiger partial charge is 0.345 e. The summed E-state index contributed by atoms with van der Waals surface area (Å²) in [6.45, 7) is 8.36. The van der Waals surface area contributed by atoms with Gasteiger partial charge in [-0.1, -0.05) is 27.2 Å². The molecule has 1 heterocycles. The SMILES string of the molecule is CCC(C)C(C)N1C(=O)CNC(=O)C1CC. The van der Waals surface area contributed by atoms with E-state index in [0.29, 0.717) is 12.3 Å². The minimum absolute atomic E-state index is 0.0164. The Kier molecular flexibility index (Phi) is 4.33. The Bertz CT molecular complexity index is 278. The molecule has 2 amide bonds. The molecule has 1 fully saturated rings. The van der Waals surface area contributed by atoms with Crippen molar-refractivity contribution in [3.63, 3.8) is 0 Å². The minimum atomic E-state index is -0.287. The van der Waals surface area contributed by atoms with E-state index in [4.69, 9.17) is 0 Å². The molecule has 0 spiro atoms. The molecule has 0 bridgehead atoms. The molecule has 92 valence electrons. The molecule has 4 nitrogen and oxygen atoms in total. The normalized spacial score (nSPS) is 25.2. The van der Waals surface area contributed by atoms with E-state index in [1.54, 1.807) is 4.90 Å². The third-order valence-corrected chi connectivity index (χ3v) is 3.63. The van der Waals surface area contributed by atoms with Crippen LogP contribution in [0.4, 0.5) is 0 Å². The van der Waals surface area contributed by atoms with Gasteiger partial charge in [0.05, 0.1) is 6.54 Å². The summed E-state index contributed by atoms with van der Waals surface area (Å²) >= 11 is 0. The van der Waals surface area contributed by atoms with Crippen molar-refractivity contribution >= 4 is 11.8 Å². The Balaban J connectivity index is 2.87. The molecule has 1 aliphatic heterocycles. The fraction of sp³-hybridized carbons (Fsp3) is 0.833. The third kappa shape index (κ3) is 2.36. The molecule has 1 rings (SSSR count). The van der Waals surface area contributed by atoms with Gasteiger partial charge in [0.15, 0.2) is 0 Å². The van der Waals surface area contributed by atoms with Crippen LogP contribution in [0.5, 0.6) is 0 Å². The highest BCUT2D eigenvalue weighted by Crippen LogP contribution is 2.20. The second-order valence-electron chi connectivity index (χ2n) is 4.57. The van der Waals surface area contributed by atoms with Crippen molar-refractivity contribution in [3.8, 4) is 0 Å². The lowest BCUT2D eigenvalue weighted by Crippen LogP contribution is -2.61. The number of carbonyl (C=O) groups excluding carboxylic acids is 2. The van der Waals surface area contributed by atoms with Crippen LogP contribution in [-0.2, 0) is 9.59 Å². The fourth-order valence-electron chi connectivity index (χ4n) is 2.18. The van der Waals surface area contributed by atoms with Crippen LogP contribution < -0.4 is 5.32 Å². The molecule has 1 aliphatic rings. The molecular weight excluding hydrogens is 204 g/mol. The average Bonchev–Trinajstić information content (AvgIpc) is 2.29. The maximum absolute atomic E-state index is 11.9. The summed E-state index contributed by atoms with van der Waals surface area (Å²) < 4.78 is 0. The summed E-state index contributed by atoms with van der Waals surface area (Å²) in [4.78, 5) is 25.3. The van der Waals surface area contributed by atoms with Gasteiger partial charge in [0.1, 0.15) is 6.04 Å². The smallest absolute Gasteiger partial charge is 0.243 e. The molecule has 0 saturated carbocycles. The molecule has 0 aromatic rings. The lowest BCUT2D eigenvalue weighted by Gasteiger charge is -2.41. The number of nitrogens with one attached hydrogen (secondary N) is 1. The quantitative estimate of drug-likeness (QED) is 0.782. The lowest BCUT2D eigenvalue weighted by atomic mass is 9.95. The van der Waals surface area contributed by atoms with E-state index in [9.17, 15) is 9.59 Å². The molecule has 0 aliphatic carbocycles. The fourth-order valence-corrected chi connectivity index (χ4v) is 2.18. The van der Waals surface area contributed by atoms with E-state index in [0.717, 1.165) is 6.42 Å². The number of rotatable bonds is 4. The Hall–Kier alpha value is -1.06. The summed E-state index contributed by atoms with van der Waals surface area (Å²) in [5.74, 6) is 0.445. The standard InChI is InChI=1S/C12H22N2O2/c1-5-8(3)9(4)14-10(6-2)12(16)13-7-11(14)15/h8-10H,5-7H2,1-4H3,(H,13,16). The van der Waals surface area contributed by atoms with E-state index < -0.39 is 0 Å². The Morgan fingerprint density at radius 1 is 1.38 bits per heavy atom. The highest BCUT2D eigenvalue weighted by atomic mass is 16.2. The van der Waals surface area contributed by atoms with Crippen molar-refractivity contribution < 1.29 is 9.59 Å². The van der Waals surface area contributed by atoms with Crippen molar-refractivity contribution in [2.75, 3.05) is 6.54 Å². The van der Waals surface area contributed by atoms with Gasteiger partial charge in [-0.15, -0.1) is 0 Å². The van der Waals surface area contributed by atoms with E-state index in [2.05, 4.69) is 19.2 Å². The zero-order valence-electron chi connectivity index (χ0n) is 10.6. The van der Waals surface area contributed by atoms with E-state index in [1.165, 1.54) is 0 Å². The maximum atomic E-state index is 11.9. The van der Waals surface area contributed by atoms with Gasteiger partial charge < -0.3 is 10.2 Å². The molecule has 1 saturated heterocycles. The monoisotopic (exact) mass is 226 g/mol. The van der Waals surface area contributed by atoms with Crippen LogP contribution in [0, 0.1) is 5.92 Å². The molecular formula is C12H22N2O2. The van der Waals surface area contributed by atoms with Gasteiger partial charge in [-0.25, -0.2) is 0 Å². The van der Waals surface area contributed by atoms with Gasteiger partial charge in [0.25, 0.3) is 0 Å². The summed E-state index contributed by atoms with van der Waals surface area (Å²) in [6, 6.07) is -0.154. The second kappa shape index (κ2) is 5.32. The van der Waals surface area contributed by atoms with Crippen molar-refractivity contribution in [2.45, 2.75) is 52.6 Å². The van der Waals surface area contributed by atoms with E-state index in [-0.39, 0.29) is 30.4 Å². The number of nitrogens with zero attached hydrogens (tertiary/aromatic N) is 1. The molecule has 0 aromatic carbocycles. The average molecular weight is 226 g/mol. The van der Waals surface area contributed by atoms with Gasteiger partial charge >= 0.3 is 0 Å². The molecule has 0 radical (unpaired) electrons. The van der Waals surface area contributed by atoms with Crippen LogP contribution in [0.15, 0.2) is 0 Å². The van der Waals surface area contributed by atoms with Gasteiger partial charge in [0.2, 0.25) is 11.8 Å². The molecule has 0 aromatic heterocycles. The first-order chi connectivity index (χ1) is 7.52. The molecule has 3 unspecified atom stereocenters. The van der Waals surface area contributed by atoms with Crippen molar-refractivity contribution in [2.24, 2.45) is 5.92 Å². The number of carbonyl (C=O) groups is 2. The summed E-state index contributed by atoms with van der Waals surface area (Å²) in [5.41, 5.74) is 0. The number of piperazine rings is 1. The zero-order valence-corrected chi connectivity index (χ0v) is 10.6. The van der Waals surface area contributed by atoms with Gasteiger partial charge in [-0.2, -0.15) is 0 Å². The second-order valence-corrected chi connectivity index (χ2v) is 4.57. The van der Waals surface area contributed by atoms with Gasteiger partial charge in [-0.05, 0) is 19.3 Å². The topological polar surface area (TPSA) is 49.4 Å². The van der Waals surface area contributed by atoms with Gasteiger partial charge in [-0.3, -0.25) is 9.59 Å². The lowest BCUT2D eigenvalue weighted by molar-refractivity contribution is -0.149. The van der Waals surface area contributed by atoms with Crippen LogP contribution >= 0.6 is 0 Å². The van der Waals surface area contributed by atoms with Crippen LogP contribution in [0.25, 0.3) is 0 Å². The number of hydrogen-bond donors (Lipinski definition) is 1. The first kappa shape index (κ1) is 13.0. The van der Waals surface area contributed by atoms with Crippen molar-refractivity contribution in [1.29, 1.82) is 0 Å². The number of hydrogen-bond acceptors (Lipinski definition) is 2. The number of amides is 2. The van der Waals surface area contributed by atoms with Crippen LogP contribution in [-0.4, -0.2) is 35.3 Å².